The van der Waals surface area contributed by atoms with Crippen LogP contribution in [0.25, 0.3) is 0 Å². The van der Waals surface area contributed by atoms with Gasteiger partial charge in [-0.1, -0.05) is 0 Å². The molecule has 32 heavy (non-hydrogen) atoms. The van der Waals surface area contributed by atoms with Crippen molar-refractivity contribution in [3.8, 4) is 11.8 Å². The van der Waals surface area contributed by atoms with Gasteiger partial charge in [0, 0.05) is 44.1 Å². The lowest BCUT2D eigenvalue weighted by Gasteiger charge is -2.34. The molecule has 12 heteroatoms. The van der Waals surface area contributed by atoms with Crippen LogP contribution >= 0.6 is 0 Å². The quantitative estimate of drug-likeness (QED) is 0.661. The van der Waals surface area contributed by atoms with E-state index in [2.05, 4.69) is 25.8 Å². The second-order valence-corrected chi connectivity index (χ2v) is 7.10. The fraction of sp³-hybridized carbons (Fsp3) is 0.450. The molecule has 1 aliphatic heterocycles. The van der Waals surface area contributed by atoms with Gasteiger partial charge in [0.05, 0.1) is 24.5 Å². The highest BCUT2D eigenvalue weighted by atomic mass is 19.4. The van der Waals surface area contributed by atoms with Crippen LogP contribution in [-0.4, -0.2) is 69.3 Å². The zero-order valence-electron chi connectivity index (χ0n) is 17.2. The number of piperazine rings is 1. The smallest absolute Gasteiger partial charge is 0.425 e. The summed E-state index contributed by atoms with van der Waals surface area (Å²) in [6.07, 6.45) is -1.60. The zero-order valence-corrected chi connectivity index (χ0v) is 17.2. The maximum absolute atomic E-state index is 12.5. The van der Waals surface area contributed by atoms with E-state index < -0.39 is 18.4 Å². The van der Waals surface area contributed by atoms with E-state index in [1.54, 1.807) is 12.3 Å². The number of carbonyl (C=O) groups excluding carboxylic acids is 1. The van der Waals surface area contributed by atoms with Gasteiger partial charge >= 0.3 is 12.3 Å². The maximum Gasteiger partial charge on any atom is 0.425 e. The molecule has 0 aromatic carbocycles. The highest BCUT2D eigenvalue weighted by Crippen LogP contribution is 2.23. The Kier molecular flexibility index (Phi) is 7.42. The minimum Gasteiger partial charge on any atom is -0.486 e. The van der Waals surface area contributed by atoms with Gasteiger partial charge in [0.1, 0.15) is 18.5 Å². The Morgan fingerprint density at radius 1 is 1.22 bits per heavy atom. The molecular weight excluding hydrogens is 429 g/mol. The van der Waals surface area contributed by atoms with Crippen LogP contribution in [0.3, 0.4) is 0 Å². The summed E-state index contributed by atoms with van der Waals surface area (Å²) in [5.74, 6) is 0.987. The lowest BCUT2D eigenvalue weighted by atomic mass is 10.2. The van der Waals surface area contributed by atoms with Crippen LogP contribution in [0.4, 0.5) is 18.0 Å². The third-order valence-corrected chi connectivity index (χ3v) is 4.84. The Hall–Kier alpha value is -3.46. The van der Waals surface area contributed by atoms with Crippen molar-refractivity contribution >= 4 is 6.09 Å². The molecule has 2 aromatic rings. The molecule has 2 aromatic heterocycles. The predicted octanol–water partition coefficient (Wildman–Crippen LogP) is 2.53. The van der Waals surface area contributed by atoms with E-state index in [4.69, 9.17) is 10.00 Å². The summed E-state index contributed by atoms with van der Waals surface area (Å²) in [6, 6.07) is 3.75. The lowest BCUT2D eigenvalue weighted by Crippen LogP contribution is -2.49. The van der Waals surface area contributed by atoms with Crippen molar-refractivity contribution < 1.29 is 27.4 Å². The Labute approximate surface area is 182 Å². The molecule has 0 spiro atoms. The van der Waals surface area contributed by atoms with E-state index in [0.29, 0.717) is 42.3 Å². The molecule has 0 aliphatic carbocycles. The Morgan fingerprint density at radius 3 is 2.53 bits per heavy atom. The van der Waals surface area contributed by atoms with Crippen molar-refractivity contribution in [2.24, 2.45) is 0 Å². The molecule has 0 unspecified atom stereocenters. The minimum absolute atomic E-state index is 0.180. The first-order valence-electron chi connectivity index (χ1n) is 9.77. The number of carbonyl (C=O) groups is 1. The first kappa shape index (κ1) is 23.2. The highest BCUT2D eigenvalue weighted by Gasteiger charge is 2.40. The number of nitriles is 1. The number of amides is 1. The minimum atomic E-state index is -4.58. The van der Waals surface area contributed by atoms with E-state index in [1.165, 1.54) is 23.5 Å². The number of ether oxygens (including phenoxy) is 2. The predicted molar refractivity (Wildman–Crippen MR) is 104 cm³/mol. The summed E-state index contributed by atoms with van der Waals surface area (Å²) < 4.78 is 47.7. The van der Waals surface area contributed by atoms with Crippen molar-refractivity contribution in [2.75, 3.05) is 26.2 Å². The standard InChI is InChI=1S/C20H21F3N6O3/c1-14(20(21,22)23)32-19(30)29-6-4-28(5-7-29)12-18-26-10-17(11-27-18)31-13-15-2-3-25-9-16(15)8-24/h2-3,9-11,14H,4-7,12-13H2,1H3/t14-/m1/s1. The van der Waals surface area contributed by atoms with E-state index in [-0.39, 0.29) is 19.7 Å². The van der Waals surface area contributed by atoms with Crippen LogP contribution < -0.4 is 4.74 Å². The molecule has 0 radical (unpaired) electrons. The lowest BCUT2D eigenvalue weighted by molar-refractivity contribution is -0.200. The number of halogens is 3. The summed E-state index contributed by atoms with van der Waals surface area (Å²) >= 11 is 0. The largest absolute Gasteiger partial charge is 0.486 e. The van der Waals surface area contributed by atoms with Crippen LogP contribution in [0.2, 0.25) is 0 Å². The van der Waals surface area contributed by atoms with Gasteiger partial charge in [0.15, 0.2) is 11.9 Å². The average Bonchev–Trinajstić information content (AvgIpc) is 2.78. The van der Waals surface area contributed by atoms with Gasteiger partial charge in [-0.2, -0.15) is 18.4 Å². The summed E-state index contributed by atoms with van der Waals surface area (Å²) in [4.78, 5) is 27.6. The molecule has 170 valence electrons. The highest BCUT2D eigenvalue weighted by molar-refractivity contribution is 5.68. The van der Waals surface area contributed by atoms with E-state index in [0.717, 1.165) is 6.92 Å². The molecule has 1 atom stereocenters. The van der Waals surface area contributed by atoms with Crippen molar-refractivity contribution in [3.63, 3.8) is 0 Å². The van der Waals surface area contributed by atoms with Gasteiger partial charge in [-0.25, -0.2) is 14.8 Å². The monoisotopic (exact) mass is 450 g/mol. The fourth-order valence-electron chi connectivity index (χ4n) is 2.89. The molecular formula is C20H21F3N6O3. The molecule has 0 saturated carbocycles. The molecule has 0 N–H and O–H groups in total. The Bertz CT molecular complexity index is 956. The second kappa shape index (κ2) is 10.2. The van der Waals surface area contributed by atoms with Gasteiger partial charge in [-0.15, -0.1) is 0 Å². The zero-order chi connectivity index (χ0) is 23.1. The van der Waals surface area contributed by atoms with Crippen LogP contribution in [0.15, 0.2) is 30.9 Å². The number of hydrogen-bond acceptors (Lipinski definition) is 8. The van der Waals surface area contributed by atoms with Crippen molar-refractivity contribution in [3.05, 3.63) is 47.8 Å². The van der Waals surface area contributed by atoms with Gasteiger partial charge in [-0.05, 0) is 13.0 Å². The summed E-state index contributed by atoms with van der Waals surface area (Å²) in [5.41, 5.74) is 1.13. The number of rotatable bonds is 6. The van der Waals surface area contributed by atoms with Crippen LogP contribution in [0, 0.1) is 11.3 Å². The first-order valence-corrected chi connectivity index (χ1v) is 9.77. The number of pyridine rings is 1. The molecule has 3 rings (SSSR count). The van der Waals surface area contributed by atoms with Crippen LogP contribution in [0.1, 0.15) is 23.9 Å². The Balaban J connectivity index is 1.44. The molecule has 1 aliphatic rings. The number of nitrogens with zero attached hydrogens (tertiary/aromatic N) is 6. The Morgan fingerprint density at radius 2 is 1.91 bits per heavy atom. The number of hydrogen-bond donors (Lipinski definition) is 0. The third kappa shape index (κ3) is 6.27. The van der Waals surface area contributed by atoms with E-state index in [9.17, 15) is 18.0 Å². The summed E-state index contributed by atoms with van der Waals surface area (Å²) in [6.45, 7) is 2.81. The van der Waals surface area contributed by atoms with Gasteiger partial charge in [0.25, 0.3) is 0 Å². The van der Waals surface area contributed by atoms with Gasteiger partial charge < -0.3 is 14.4 Å². The second-order valence-electron chi connectivity index (χ2n) is 7.10. The third-order valence-electron chi connectivity index (χ3n) is 4.84. The first-order chi connectivity index (χ1) is 15.3. The molecule has 1 saturated heterocycles. The van der Waals surface area contributed by atoms with Gasteiger partial charge in [0.2, 0.25) is 0 Å². The number of alkyl halides is 3. The normalized spacial score (nSPS) is 15.7. The van der Waals surface area contributed by atoms with E-state index >= 15 is 0 Å². The molecule has 1 fully saturated rings. The SMILES string of the molecule is C[C@@H](OC(=O)N1CCN(Cc2ncc(OCc3ccncc3C#N)cn2)CC1)C(F)(F)F. The molecule has 0 bridgehead atoms. The molecule has 9 nitrogen and oxygen atoms in total. The summed E-state index contributed by atoms with van der Waals surface area (Å²) in [5, 5.41) is 9.08. The summed E-state index contributed by atoms with van der Waals surface area (Å²) in [7, 11) is 0. The average molecular weight is 450 g/mol. The van der Waals surface area contributed by atoms with E-state index in [1.807, 2.05) is 4.90 Å². The topological polar surface area (TPSA) is 104 Å². The van der Waals surface area contributed by atoms with Crippen LogP contribution in [-0.2, 0) is 17.9 Å². The fourth-order valence-corrected chi connectivity index (χ4v) is 2.89. The van der Waals surface area contributed by atoms with Crippen LogP contribution in [0.5, 0.6) is 5.75 Å². The van der Waals surface area contributed by atoms with Gasteiger partial charge in [-0.3, -0.25) is 9.88 Å². The molecule has 3 heterocycles. The maximum atomic E-state index is 12.5. The van der Waals surface area contributed by atoms with Crippen molar-refractivity contribution in [1.82, 2.24) is 24.8 Å². The van der Waals surface area contributed by atoms with Crippen molar-refractivity contribution in [1.29, 1.82) is 5.26 Å². The number of aromatic nitrogens is 3. The van der Waals surface area contributed by atoms with Crippen molar-refractivity contribution in [2.45, 2.75) is 32.4 Å². The molecule has 1 amide bonds.